The van der Waals surface area contributed by atoms with E-state index in [2.05, 4.69) is 10.0 Å². The third-order valence-corrected chi connectivity index (χ3v) is 2.46. The van der Waals surface area contributed by atoms with Crippen LogP contribution in [0.4, 0.5) is 4.39 Å². The fourth-order valence-electron chi connectivity index (χ4n) is 1.62. The van der Waals surface area contributed by atoms with Gasteiger partial charge in [0.15, 0.2) is 18.6 Å². The van der Waals surface area contributed by atoms with Crippen molar-refractivity contribution < 1.29 is 14.2 Å². The number of aromatic nitrogens is 2. The number of nitrogens with zero attached hydrogens (tertiary/aromatic N) is 4. The summed E-state index contributed by atoms with van der Waals surface area (Å²) in [5.41, 5.74) is 6.68. The van der Waals surface area contributed by atoms with Gasteiger partial charge in [-0.3, -0.25) is 14.3 Å². The van der Waals surface area contributed by atoms with Gasteiger partial charge in [-0.1, -0.05) is 5.11 Å². The van der Waals surface area contributed by atoms with Crippen molar-refractivity contribution in [3.8, 4) is 0 Å². The summed E-state index contributed by atoms with van der Waals surface area (Å²) in [5, 5.41) is 12.5. The Labute approximate surface area is 98.1 Å². The molecular formula is C8H8FN5O4. The second kappa shape index (κ2) is 4.61. The highest BCUT2D eigenvalue weighted by molar-refractivity contribution is 4.92. The van der Waals surface area contributed by atoms with Crippen molar-refractivity contribution in [2.75, 3.05) is 0 Å². The maximum absolute atomic E-state index is 13.7. The fourth-order valence-corrected chi connectivity index (χ4v) is 1.62. The number of azide groups is 1. The summed E-state index contributed by atoms with van der Waals surface area (Å²) in [6.07, 6.45) is -5.48. The minimum atomic E-state index is -1.95. The van der Waals surface area contributed by atoms with E-state index in [1.165, 1.54) is 0 Å². The van der Waals surface area contributed by atoms with Crippen LogP contribution in [-0.2, 0) is 4.74 Å². The largest absolute Gasteiger partial charge is 0.387 e. The first-order valence-electron chi connectivity index (χ1n) is 4.88. The lowest BCUT2D eigenvalue weighted by molar-refractivity contribution is -0.0235. The molecule has 9 nitrogen and oxygen atoms in total. The van der Waals surface area contributed by atoms with Crippen LogP contribution in [0.25, 0.3) is 10.4 Å². The second-order valence-electron chi connectivity index (χ2n) is 3.57. The molecule has 4 atom stereocenters. The Bertz CT molecular complexity index is 606. The maximum atomic E-state index is 13.7. The predicted molar refractivity (Wildman–Crippen MR) is 55.3 cm³/mol. The number of halogens is 1. The molecular weight excluding hydrogens is 249 g/mol. The molecule has 1 unspecified atom stereocenters. The van der Waals surface area contributed by atoms with E-state index in [9.17, 15) is 19.1 Å². The Balaban J connectivity index is 2.37. The number of alkyl halides is 1. The summed E-state index contributed by atoms with van der Waals surface area (Å²) in [6, 6.07) is 1.00. The molecule has 1 aliphatic heterocycles. The lowest BCUT2D eigenvalue weighted by atomic mass is 10.2. The van der Waals surface area contributed by atoms with Crippen LogP contribution in [0.3, 0.4) is 0 Å². The number of nitrogens with one attached hydrogen (secondary N) is 1. The van der Waals surface area contributed by atoms with Gasteiger partial charge in [0.05, 0.1) is 0 Å². The van der Waals surface area contributed by atoms with Crippen LogP contribution in [0.15, 0.2) is 27.0 Å². The molecule has 0 spiro atoms. The van der Waals surface area contributed by atoms with Gasteiger partial charge in [0, 0.05) is 17.2 Å². The minimum absolute atomic E-state index is 0.642. The standard InChI is InChI=1S/C8H8FN5O4/c9-4-5(16)6(12-13-10)18-7(4)14-2-1-3(15)11-8(14)17/h1-2,4-7,16H,(H,11,15,17)/t4?,5-,6+,7-/m1/s1. The first kappa shape index (κ1) is 12.3. The Morgan fingerprint density at radius 3 is 2.94 bits per heavy atom. The molecule has 1 fully saturated rings. The highest BCUT2D eigenvalue weighted by Gasteiger charge is 2.45. The van der Waals surface area contributed by atoms with Crippen LogP contribution < -0.4 is 11.2 Å². The summed E-state index contributed by atoms with van der Waals surface area (Å²) in [5.74, 6) is 0. The van der Waals surface area contributed by atoms with E-state index in [1.807, 2.05) is 4.98 Å². The molecule has 0 aromatic carbocycles. The molecule has 2 N–H and O–H groups in total. The van der Waals surface area contributed by atoms with Crippen molar-refractivity contribution in [1.29, 1.82) is 0 Å². The van der Waals surface area contributed by atoms with Gasteiger partial charge in [0.25, 0.3) is 5.56 Å². The Morgan fingerprint density at radius 2 is 2.33 bits per heavy atom. The Morgan fingerprint density at radius 1 is 1.61 bits per heavy atom. The molecule has 2 rings (SSSR count). The van der Waals surface area contributed by atoms with Crippen LogP contribution in [0.1, 0.15) is 6.23 Å². The smallest absolute Gasteiger partial charge is 0.330 e. The third-order valence-electron chi connectivity index (χ3n) is 2.46. The zero-order valence-corrected chi connectivity index (χ0v) is 8.80. The molecule has 1 saturated heterocycles. The van der Waals surface area contributed by atoms with Gasteiger partial charge >= 0.3 is 5.69 Å². The topological polar surface area (TPSA) is 133 Å². The Hall–Kier alpha value is -2.16. The lowest BCUT2D eigenvalue weighted by Crippen LogP contribution is -2.35. The van der Waals surface area contributed by atoms with Crippen LogP contribution in [0.5, 0.6) is 0 Å². The second-order valence-corrected chi connectivity index (χ2v) is 3.57. The molecule has 2 heterocycles. The molecule has 0 amide bonds. The molecule has 1 aromatic heterocycles. The SMILES string of the molecule is [N-]=[N+]=N[C@H]1O[C@@H](n2ccc(=O)[nH]c2=O)C(F)[C@H]1O. The van der Waals surface area contributed by atoms with Crippen LogP contribution >= 0.6 is 0 Å². The van der Waals surface area contributed by atoms with Gasteiger partial charge in [-0.25, -0.2) is 9.18 Å². The average Bonchev–Trinajstić information content (AvgIpc) is 2.58. The molecule has 1 aromatic rings. The van der Waals surface area contributed by atoms with Gasteiger partial charge < -0.3 is 9.84 Å². The van der Waals surface area contributed by atoms with E-state index in [-0.39, 0.29) is 0 Å². The molecule has 10 heteroatoms. The van der Waals surface area contributed by atoms with Crippen molar-refractivity contribution in [3.63, 3.8) is 0 Å². The number of H-pyrrole nitrogens is 1. The van der Waals surface area contributed by atoms with Gasteiger partial charge in [-0.15, -0.1) is 0 Å². The summed E-state index contributed by atoms with van der Waals surface area (Å²) in [4.78, 5) is 26.6. The van der Waals surface area contributed by atoms with Crippen molar-refractivity contribution in [3.05, 3.63) is 43.5 Å². The third kappa shape index (κ3) is 1.99. The number of hydrogen-bond donors (Lipinski definition) is 2. The summed E-state index contributed by atoms with van der Waals surface area (Å²) < 4.78 is 19.4. The number of ether oxygens (including phenoxy) is 1. The number of aliphatic hydroxyl groups excluding tert-OH is 1. The van der Waals surface area contributed by atoms with Gasteiger partial charge in [-0.2, -0.15) is 0 Å². The number of aromatic amines is 1. The average molecular weight is 257 g/mol. The van der Waals surface area contributed by atoms with Crippen molar-refractivity contribution in [1.82, 2.24) is 9.55 Å². The Kier molecular flexibility index (Phi) is 3.15. The van der Waals surface area contributed by atoms with E-state index in [0.717, 1.165) is 16.8 Å². The number of aliphatic hydroxyl groups is 1. The highest BCUT2D eigenvalue weighted by atomic mass is 19.1. The van der Waals surface area contributed by atoms with E-state index in [4.69, 9.17) is 10.3 Å². The summed E-state index contributed by atoms with van der Waals surface area (Å²) in [6.45, 7) is 0. The molecule has 1 aliphatic rings. The number of rotatable bonds is 2. The zero-order chi connectivity index (χ0) is 13.3. The van der Waals surface area contributed by atoms with E-state index in [0.29, 0.717) is 0 Å². The lowest BCUT2D eigenvalue weighted by Gasteiger charge is -2.14. The van der Waals surface area contributed by atoms with Crippen LogP contribution in [0.2, 0.25) is 0 Å². The van der Waals surface area contributed by atoms with E-state index < -0.39 is 36.0 Å². The molecule has 0 bridgehead atoms. The first-order valence-corrected chi connectivity index (χ1v) is 4.88. The molecule has 96 valence electrons. The zero-order valence-electron chi connectivity index (χ0n) is 8.80. The maximum Gasteiger partial charge on any atom is 0.330 e. The molecule has 18 heavy (non-hydrogen) atoms. The summed E-state index contributed by atoms with van der Waals surface area (Å²) >= 11 is 0. The molecule has 0 radical (unpaired) electrons. The molecule has 0 aliphatic carbocycles. The van der Waals surface area contributed by atoms with Crippen molar-refractivity contribution in [2.24, 2.45) is 5.11 Å². The molecule has 0 saturated carbocycles. The normalized spacial score (nSPS) is 31.0. The first-order chi connectivity index (χ1) is 8.54. The van der Waals surface area contributed by atoms with Crippen LogP contribution in [-0.4, -0.2) is 33.2 Å². The van der Waals surface area contributed by atoms with Gasteiger partial charge in [-0.05, 0) is 5.53 Å². The minimum Gasteiger partial charge on any atom is -0.387 e. The van der Waals surface area contributed by atoms with E-state index >= 15 is 0 Å². The predicted octanol–water partition coefficient (Wildman–Crippen LogP) is -0.599. The summed E-state index contributed by atoms with van der Waals surface area (Å²) in [7, 11) is 0. The quantitative estimate of drug-likeness (QED) is 0.415. The van der Waals surface area contributed by atoms with Gasteiger partial charge in [0.1, 0.15) is 6.10 Å². The monoisotopic (exact) mass is 257 g/mol. The van der Waals surface area contributed by atoms with Crippen molar-refractivity contribution >= 4 is 0 Å². The van der Waals surface area contributed by atoms with Crippen LogP contribution in [0, 0.1) is 0 Å². The fraction of sp³-hybridized carbons (Fsp3) is 0.500. The van der Waals surface area contributed by atoms with E-state index in [1.54, 1.807) is 0 Å². The van der Waals surface area contributed by atoms with Gasteiger partial charge in [0.2, 0.25) is 0 Å². The number of hydrogen-bond acceptors (Lipinski definition) is 5. The highest BCUT2D eigenvalue weighted by Crippen LogP contribution is 2.31. The van der Waals surface area contributed by atoms with Crippen molar-refractivity contribution in [2.45, 2.75) is 24.7 Å².